The van der Waals surface area contributed by atoms with Crippen molar-refractivity contribution in [1.82, 2.24) is 0 Å². The van der Waals surface area contributed by atoms with E-state index in [1.807, 2.05) is 71.0 Å². The molecule has 0 aromatic heterocycles. The van der Waals surface area contributed by atoms with Crippen LogP contribution in [0.15, 0.2) is 49.1 Å². The molecule has 0 amide bonds. The van der Waals surface area contributed by atoms with Gasteiger partial charge in [-0.25, -0.2) is 0 Å². The number of allylic oxidation sites excluding steroid dienone is 1. The van der Waals surface area contributed by atoms with E-state index in [1.54, 1.807) is 0 Å². The molecule has 0 bridgehead atoms. The SMILES string of the molecule is C=CCC(C)(C)C(=O)c1c(C)ccc2ccccc12.CC. The number of hydrogen-bond donors (Lipinski definition) is 0. The van der Waals surface area contributed by atoms with Crippen LogP contribution in [-0.2, 0) is 0 Å². The lowest BCUT2D eigenvalue weighted by atomic mass is 9.79. The maximum atomic E-state index is 12.8. The molecule has 0 saturated carbocycles. The van der Waals surface area contributed by atoms with E-state index >= 15 is 0 Å². The maximum Gasteiger partial charge on any atom is 0.169 e. The second-order valence-electron chi connectivity index (χ2n) is 5.68. The molecule has 0 radical (unpaired) electrons. The normalized spacial score (nSPS) is 10.7. The fourth-order valence-electron chi connectivity index (χ4n) is 2.47. The molecule has 0 heterocycles. The van der Waals surface area contributed by atoms with Crippen molar-refractivity contribution in [2.24, 2.45) is 5.41 Å². The lowest BCUT2D eigenvalue weighted by molar-refractivity contribution is 0.0842. The molecule has 0 fully saturated rings. The highest BCUT2D eigenvalue weighted by Gasteiger charge is 2.29. The molecule has 0 N–H and O–H groups in total. The molecule has 21 heavy (non-hydrogen) atoms. The first-order valence-electron chi connectivity index (χ1n) is 7.61. The van der Waals surface area contributed by atoms with Crippen LogP contribution >= 0.6 is 0 Å². The summed E-state index contributed by atoms with van der Waals surface area (Å²) < 4.78 is 0. The molecular weight excluding hydrogens is 256 g/mol. The Morgan fingerprint density at radius 3 is 2.38 bits per heavy atom. The zero-order valence-corrected chi connectivity index (χ0v) is 13.9. The minimum Gasteiger partial charge on any atom is -0.294 e. The third-order valence-electron chi connectivity index (χ3n) is 3.63. The smallest absolute Gasteiger partial charge is 0.169 e. The summed E-state index contributed by atoms with van der Waals surface area (Å²) in [6.07, 6.45) is 2.51. The number of Topliss-reactive ketones (excluding diaryl/α,β-unsaturated/α-hetero) is 1. The van der Waals surface area contributed by atoms with Crippen molar-refractivity contribution >= 4 is 16.6 Å². The van der Waals surface area contributed by atoms with E-state index in [4.69, 9.17) is 0 Å². The molecule has 2 aromatic rings. The van der Waals surface area contributed by atoms with Crippen LogP contribution in [0.5, 0.6) is 0 Å². The van der Waals surface area contributed by atoms with Gasteiger partial charge in [-0.3, -0.25) is 4.79 Å². The maximum absolute atomic E-state index is 12.8. The number of ketones is 1. The Balaban J connectivity index is 0.00000106. The van der Waals surface area contributed by atoms with Crippen molar-refractivity contribution in [1.29, 1.82) is 0 Å². The molecule has 0 aliphatic heterocycles. The van der Waals surface area contributed by atoms with Gasteiger partial charge >= 0.3 is 0 Å². The van der Waals surface area contributed by atoms with Gasteiger partial charge < -0.3 is 0 Å². The van der Waals surface area contributed by atoms with Crippen LogP contribution in [0, 0.1) is 12.3 Å². The van der Waals surface area contributed by atoms with Gasteiger partial charge in [0.1, 0.15) is 0 Å². The molecule has 112 valence electrons. The second kappa shape index (κ2) is 7.21. The molecule has 1 nitrogen and oxygen atoms in total. The third-order valence-corrected chi connectivity index (χ3v) is 3.63. The summed E-state index contributed by atoms with van der Waals surface area (Å²) in [7, 11) is 0. The third kappa shape index (κ3) is 3.60. The quantitative estimate of drug-likeness (QED) is 0.499. The number of rotatable bonds is 4. The Kier molecular flexibility index (Phi) is 5.90. The number of aryl methyl sites for hydroxylation is 1. The number of hydrogen-bond acceptors (Lipinski definition) is 1. The van der Waals surface area contributed by atoms with E-state index in [0.717, 1.165) is 21.9 Å². The molecule has 2 aromatic carbocycles. The monoisotopic (exact) mass is 282 g/mol. The number of benzene rings is 2. The summed E-state index contributed by atoms with van der Waals surface area (Å²) in [5, 5.41) is 2.16. The average molecular weight is 282 g/mol. The summed E-state index contributed by atoms with van der Waals surface area (Å²) in [5.74, 6) is 0.196. The van der Waals surface area contributed by atoms with E-state index in [1.165, 1.54) is 0 Å². The first-order valence-corrected chi connectivity index (χ1v) is 7.61. The van der Waals surface area contributed by atoms with E-state index < -0.39 is 5.41 Å². The Bertz CT molecular complexity index is 635. The van der Waals surface area contributed by atoms with Gasteiger partial charge in [0, 0.05) is 11.0 Å². The van der Waals surface area contributed by atoms with Gasteiger partial charge in [-0.15, -0.1) is 6.58 Å². The van der Waals surface area contributed by atoms with Gasteiger partial charge in [-0.1, -0.05) is 70.2 Å². The van der Waals surface area contributed by atoms with E-state index in [2.05, 4.69) is 12.6 Å². The van der Waals surface area contributed by atoms with Crippen molar-refractivity contribution in [3.05, 3.63) is 60.2 Å². The standard InChI is InChI=1S/C18H20O.C2H6/c1-5-12-18(3,4)17(19)16-13(2)10-11-14-8-6-7-9-15(14)16;1-2/h5-11H,1,12H2,2-4H3;1-2H3. The van der Waals surface area contributed by atoms with Crippen LogP contribution in [0.25, 0.3) is 10.8 Å². The fourth-order valence-corrected chi connectivity index (χ4v) is 2.47. The van der Waals surface area contributed by atoms with Crippen LogP contribution in [0.2, 0.25) is 0 Å². The first-order chi connectivity index (χ1) is 9.97. The van der Waals surface area contributed by atoms with Gasteiger partial charge in [0.25, 0.3) is 0 Å². The van der Waals surface area contributed by atoms with Crippen LogP contribution in [0.3, 0.4) is 0 Å². The topological polar surface area (TPSA) is 17.1 Å². The lowest BCUT2D eigenvalue weighted by Crippen LogP contribution is -2.24. The van der Waals surface area contributed by atoms with Crippen molar-refractivity contribution in [2.75, 3.05) is 0 Å². The van der Waals surface area contributed by atoms with Gasteiger partial charge in [0.05, 0.1) is 0 Å². The summed E-state index contributed by atoms with van der Waals surface area (Å²) in [6, 6.07) is 12.2. The highest BCUT2D eigenvalue weighted by Crippen LogP contribution is 2.32. The molecule has 0 aliphatic carbocycles. The summed E-state index contributed by atoms with van der Waals surface area (Å²) in [4.78, 5) is 12.8. The van der Waals surface area contributed by atoms with E-state index in [0.29, 0.717) is 6.42 Å². The van der Waals surface area contributed by atoms with Crippen LogP contribution in [-0.4, -0.2) is 5.78 Å². The van der Waals surface area contributed by atoms with Crippen molar-refractivity contribution in [3.8, 4) is 0 Å². The van der Waals surface area contributed by atoms with Gasteiger partial charge in [0.15, 0.2) is 5.78 Å². The first kappa shape index (κ1) is 17.2. The highest BCUT2D eigenvalue weighted by atomic mass is 16.1. The van der Waals surface area contributed by atoms with Crippen molar-refractivity contribution in [3.63, 3.8) is 0 Å². The van der Waals surface area contributed by atoms with Crippen molar-refractivity contribution < 1.29 is 4.79 Å². The predicted molar refractivity (Wildman–Crippen MR) is 93.0 cm³/mol. The van der Waals surface area contributed by atoms with Crippen LogP contribution in [0.4, 0.5) is 0 Å². The van der Waals surface area contributed by atoms with Gasteiger partial charge in [-0.05, 0) is 29.7 Å². The molecule has 0 unspecified atom stereocenters. The van der Waals surface area contributed by atoms with Gasteiger partial charge in [-0.2, -0.15) is 0 Å². The van der Waals surface area contributed by atoms with Crippen LogP contribution in [0.1, 0.15) is 50.0 Å². The Morgan fingerprint density at radius 1 is 1.14 bits per heavy atom. The van der Waals surface area contributed by atoms with E-state index in [-0.39, 0.29) is 5.78 Å². The molecule has 2 rings (SSSR count). The highest BCUT2D eigenvalue weighted by molar-refractivity contribution is 6.11. The number of fused-ring (bicyclic) bond motifs is 1. The average Bonchev–Trinajstić information content (AvgIpc) is 2.48. The number of carbonyl (C=O) groups is 1. The van der Waals surface area contributed by atoms with Crippen LogP contribution < -0.4 is 0 Å². The molecule has 0 aliphatic rings. The second-order valence-corrected chi connectivity index (χ2v) is 5.68. The Hall–Kier alpha value is -1.89. The molecular formula is C20H26O. The zero-order chi connectivity index (χ0) is 16.0. The molecule has 0 atom stereocenters. The van der Waals surface area contributed by atoms with Gasteiger partial charge in [0.2, 0.25) is 0 Å². The molecule has 0 saturated heterocycles. The minimum atomic E-state index is -0.406. The summed E-state index contributed by atoms with van der Waals surface area (Å²) >= 11 is 0. The largest absolute Gasteiger partial charge is 0.294 e. The fraction of sp³-hybridized carbons (Fsp3) is 0.350. The molecule has 0 spiro atoms. The summed E-state index contributed by atoms with van der Waals surface area (Å²) in [6.45, 7) is 13.7. The molecule has 1 heteroatoms. The van der Waals surface area contributed by atoms with Crippen molar-refractivity contribution in [2.45, 2.75) is 41.0 Å². The number of carbonyl (C=O) groups excluding carboxylic acids is 1. The van der Waals surface area contributed by atoms with E-state index in [9.17, 15) is 4.79 Å². The zero-order valence-electron chi connectivity index (χ0n) is 13.9. The summed E-state index contributed by atoms with van der Waals surface area (Å²) in [5.41, 5.74) is 1.49. The Labute approximate surface area is 128 Å². The predicted octanol–water partition coefficient (Wildman–Crippen LogP) is 5.96. The lowest BCUT2D eigenvalue weighted by Gasteiger charge is -2.23. The minimum absolute atomic E-state index is 0.196. The Morgan fingerprint density at radius 2 is 1.76 bits per heavy atom.